The SMILES string of the molecule is CNC(=O)c1cccc(NCc2csc([N+](=O)[O-])c2)c1C. The topological polar surface area (TPSA) is 84.3 Å². The molecule has 0 aliphatic carbocycles. The summed E-state index contributed by atoms with van der Waals surface area (Å²) in [5.41, 5.74) is 3.14. The molecule has 0 atom stereocenters. The fourth-order valence-corrected chi connectivity index (χ4v) is 2.69. The molecule has 6 nitrogen and oxygen atoms in total. The molecule has 0 radical (unpaired) electrons. The van der Waals surface area contributed by atoms with Crippen LogP contribution >= 0.6 is 11.3 Å². The smallest absolute Gasteiger partial charge is 0.324 e. The molecule has 0 spiro atoms. The average molecular weight is 305 g/mol. The Morgan fingerprint density at radius 1 is 1.43 bits per heavy atom. The van der Waals surface area contributed by atoms with Gasteiger partial charge < -0.3 is 10.6 Å². The van der Waals surface area contributed by atoms with Crippen molar-refractivity contribution in [1.82, 2.24) is 5.32 Å². The first-order chi connectivity index (χ1) is 10.0. The molecule has 2 aromatic rings. The number of hydrogen-bond acceptors (Lipinski definition) is 5. The molecule has 2 rings (SSSR count). The van der Waals surface area contributed by atoms with E-state index in [4.69, 9.17) is 0 Å². The van der Waals surface area contributed by atoms with Gasteiger partial charge in [0.1, 0.15) is 0 Å². The van der Waals surface area contributed by atoms with Gasteiger partial charge in [-0.3, -0.25) is 14.9 Å². The van der Waals surface area contributed by atoms with Crippen molar-refractivity contribution in [3.05, 3.63) is 56.5 Å². The Labute approximate surface area is 126 Å². The van der Waals surface area contributed by atoms with E-state index in [9.17, 15) is 14.9 Å². The summed E-state index contributed by atoms with van der Waals surface area (Å²) >= 11 is 1.11. The zero-order chi connectivity index (χ0) is 15.4. The van der Waals surface area contributed by atoms with Gasteiger partial charge in [0.05, 0.1) is 4.92 Å². The average Bonchev–Trinajstić information content (AvgIpc) is 2.94. The molecular weight excluding hydrogens is 290 g/mol. The van der Waals surface area contributed by atoms with E-state index in [1.165, 1.54) is 0 Å². The van der Waals surface area contributed by atoms with Gasteiger partial charge in [0.2, 0.25) is 0 Å². The third-order valence-electron chi connectivity index (χ3n) is 3.11. The molecule has 0 aliphatic heterocycles. The van der Waals surface area contributed by atoms with Crippen molar-refractivity contribution in [3.63, 3.8) is 0 Å². The minimum atomic E-state index is -0.397. The number of benzene rings is 1. The molecule has 1 aromatic heterocycles. The number of hydrogen-bond donors (Lipinski definition) is 2. The maximum absolute atomic E-state index is 11.7. The number of thiophene rings is 1. The maximum atomic E-state index is 11.7. The maximum Gasteiger partial charge on any atom is 0.324 e. The summed E-state index contributed by atoms with van der Waals surface area (Å²) in [5.74, 6) is -0.137. The molecule has 110 valence electrons. The summed E-state index contributed by atoms with van der Waals surface area (Å²) < 4.78 is 0. The molecule has 0 bridgehead atoms. The summed E-state index contributed by atoms with van der Waals surface area (Å²) in [6.07, 6.45) is 0. The van der Waals surface area contributed by atoms with Crippen molar-refractivity contribution >= 4 is 27.9 Å². The van der Waals surface area contributed by atoms with Crippen molar-refractivity contribution in [2.75, 3.05) is 12.4 Å². The van der Waals surface area contributed by atoms with Gasteiger partial charge in [0.15, 0.2) is 0 Å². The Morgan fingerprint density at radius 3 is 2.81 bits per heavy atom. The number of nitrogens with one attached hydrogen (secondary N) is 2. The normalized spacial score (nSPS) is 10.2. The van der Waals surface area contributed by atoms with Gasteiger partial charge >= 0.3 is 5.00 Å². The van der Waals surface area contributed by atoms with E-state index in [0.29, 0.717) is 12.1 Å². The van der Waals surface area contributed by atoms with Crippen LogP contribution in [0, 0.1) is 17.0 Å². The summed E-state index contributed by atoms with van der Waals surface area (Å²) in [6.45, 7) is 2.34. The lowest BCUT2D eigenvalue weighted by Gasteiger charge is -2.12. The number of carbonyl (C=O) groups excluding carboxylic acids is 1. The van der Waals surface area contributed by atoms with E-state index >= 15 is 0 Å². The third kappa shape index (κ3) is 3.38. The van der Waals surface area contributed by atoms with Crippen LogP contribution in [0.5, 0.6) is 0 Å². The predicted octanol–water partition coefficient (Wildman–Crippen LogP) is 2.94. The van der Waals surface area contributed by atoms with Crippen LogP contribution in [0.4, 0.5) is 10.7 Å². The number of rotatable bonds is 5. The zero-order valence-electron chi connectivity index (χ0n) is 11.7. The summed E-state index contributed by atoms with van der Waals surface area (Å²) in [6, 6.07) is 6.99. The second-order valence-corrected chi connectivity index (χ2v) is 5.35. The lowest BCUT2D eigenvalue weighted by molar-refractivity contribution is -0.380. The Bertz CT molecular complexity index is 682. The van der Waals surface area contributed by atoms with Gasteiger partial charge in [-0.15, -0.1) is 0 Å². The standard InChI is InChI=1S/C14H15N3O3S/c1-9-11(14(18)15-2)4-3-5-12(9)16-7-10-6-13(17(19)20)21-8-10/h3-6,8,16H,7H2,1-2H3,(H,15,18). The molecule has 0 fully saturated rings. The van der Waals surface area contributed by atoms with E-state index in [-0.39, 0.29) is 10.9 Å². The lowest BCUT2D eigenvalue weighted by atomic mass is 10.1. The van der Waals surface area contributed by atoms with Gasteiger partial charge in [-0.05, 0) is 30.2 Å². The molecule has 1 amide bonds. The quantitative estimate of drug-likeness (QED) is 0.657. The highest BCUT2D eigenvalue weighted by Crippen LogP contribution is 2.24. The van der Waals surface area contributed by atoms with Crippen LogP contribution in [0.15, 0.2) is 29.6 Å². The van der Waals surface area contributed by atoms with E-state index in [0.717, 1.165) is 28.2 Å². The number of anilines is 1. The van der Waals surface area contributed by atoms with Crippen LogP contribution in [0.3, 0.4) is 0 Å². The Balaban J connectivity index is 2.12. The van der Waals surface area contributed by atoms with E-state index in [1.807, 2.05) is 13.0 Å². The molecule has 0 unspecified atom stereocenters. The van der Waals surface area contributed by atoms with Gasteiger partial charge in [0, 0.05) is 36.3 Å². The minimum absolute atomic E-state index is 0.127. The van der Waals surface area contributed by atoms with Crippen LogP contribution in [-0.4, -0.2) is 17.9 Å². The summed E-state index contributed by atoms with van der Waals surface area (Å²) in [4.78, 5) is 22.0. The first-order valence-electron chi connectivity index (χ1n) is 6.30. The fourth-order valence-electron chi connectivity index (χ4n) is 1.96. The molecule has 0 saturated carbocycles. The number of amides is 1. The summed E-state index contributed by atoms with van der Waals surface area (Å²) in [5, 5.41) is 18.3. The van der Waals surface area contributed by atoms with Gasteiger partial charge in [-0.1, -0.05) is 17.4 Å². The molecule has 1 aromatic carbocycles. The number of carbonyl (C=O) groups is 1. The number of nitro groups is 1. The first-order valence-corrected chi connectivity index (χ1v) is 7.18. The Hall–Kier alpha value is -2.41. The van der Waals surface area contributed by atoms with Crippen LogP contribution in [-0.2, 0) is 6.54 Å². The zero-order valence-corrected chi connectivity index (χ0v) is 12.5. The van der Waals surface area contributed by atoms with Crippen molar-refractivity contribution in [1.29, 1.82) is 0 Å². The lowest BCUT2D eigenvalue weighted by Crippen LogP contribution is -2.19. The minimum Gasteiger partial charge on any atom is -0.381 e. The second kappa shape index (κ2) is 6.36. The van der Waals surface area contributed by atoms with Crippen molar-refractivity contribution in [2.24, 2.45) is 0 Å². The van der Waals surface area contributed by atoms with Gasteiger partial charge in [-0.2, -0.15) is 0 Å². The van der Waals surface area contributed by atoms with Crippen molar-refractivity contribution < 1.29 is 9.72 Å². The van der Waals surface area contributed by atoms with Gasteiger partial charge in [0.25, 0.3) is 5.91 Å². The van der Waals surface area contributed by atoms with E-state index in [1.54, 1.807) is 30.6 Å². The van der Waals surface area contributed by atoms with Crippen molar-refractivity contribution in [2.45, 2.75) is 13.5 Å². The molecule has 7 heteroatoms. The highest BCUT2D eigenvalue weighted by atomic mass is 32.1. The monoisotopic (exact) mass is 305 g/mol. The Morgan fingerprint density at radius 2 is 2.19 bits per heavy atom. The van der Waals surface area contributed by atoms with E-state index < -0.39 is 4.92 Å². The fraction of sp³-hybridized carbons (Fsp3) is 0.214. The van der Waals surface area contributed by atoms with Crippen molar-refractivity contribution in [3.8, 4) is 0 Å². The molecule has 0 aliphatic rings. The van der Waals surface area contributed by atoms with E-state index in [2.05, 4.69) is 10.6 Å². The van der Waals surface area contributed by atoms with Crippen LogP contribution in [0.2, 0.25) is 0 Å². The van der Waals surface area contributed by atoms with Crippen LogP contribution in [0.25, 0.3) is 0 Å². The van der Waals surface area contributed by atoms with Gasteiger partial charge in [-0.25, -0.2) is 0 Å². The molecule has 21 heavy (non-hydrogen) atoms. The Kier molecular flexibility index (Phi) is 4.54. The molecular formula is C14H15N3O3S. The molecule has 1 heterocycles. The van der Waals surface area contributed by atoms with Crippen LogP contribution in [0.1, 0.15) is 21.5 Å². The second-order valence-electron chi connectivity index (χ2n) is 4.46. The number of nitrogens with zero attached hydrogens (tertiary/aromatic N) is 1. The predicted molar refractivity (Wildman–Crippen MR) is 82.9 cm³/mol. The highest BCUT2D eigenvalue weighted by molar-refractivity contribution is 7.13. The molecule has 0 saturated heterocycles. The van der Waals surface area contributed by atoms with Crippen LogP contribution < -0.4 is 10.6 Å². The first kappa shape index (κ1) is 15.0. The molecule has 2 N–H and O–H groups in total. The highest BCUT2D eigenvalue weighted by Gasteiger charge is 2.12. The third-order valence-corrected chi connectivity index (χ3v) is 4.04. The largest absolute Gasteiger partial charge is 0.381 e. The summed E-state index contributed by atoms with van der Waals surface area (Å²) in [7, 11) is 1.59.